The molecule has 1 aliphatic heterocycles. The fraction of sp³-hybridized carbons (Fsp3) is 0.600. The molecule has 0 aromatic heterocycles. The van der Waals surface area contributed by atoms with Crippen molar-refractivity contribution in [1.29, 1.82) is 0 Å². The van der Waals surface area contributed by atoms with E-state index in [4.69, 9.17) is 0 Å². The standard InChI is InChI=1S/C15H23BrN2/c1-13-5-6-15(16)11-14(13)12-17-7-10-18-8-3-2-4-9-18/h5-6,11,17H,2-4,7-10,12H2,1H3. The highest BCUT2D eigenvalue weighted by Crippen LogP contribution is 2.15. The number of benzene rings is 1. The molecule has 0 spiro atoms. The van der Waals surface area contributed by atoms with Crippen LogP contribution < -0.4 is 5.32 Å². The quantitative estimate of drug-likeness (QED) is 0.839. The van der Waals surface area contributed by atoms with Crippen molar-refractivity contribution in [1.82, 2.24) is 10.2 Å². The molecule has 1 fully saturated rings. The summed E-state index contributed by atoms with van der Waals surface area (Å²) >= 11 is 3.53. The SMILES string of the molecule is Cc1ccc(Br)cc1CNCCN1CCCCC1. The van der Waals surface area contributed by atoms with Gasteiger partial charge in [0.2, 0.25) is 0 Å². The smallest absolute Gasteiger partial charge is 0.0209 e. The fourth-order valence-corrected chi connectivity index (χ4v) is 2.88. The molecule has 0 atom stereocenters. The Morgan fingerprint density at radius 1 is 1.22 bits per heavy atom. The molecule has 1 heterocycles. The van der Waals surface area contributed by atoms with Crippen molar-refractivity contribution in [3.05, 3.63) is 33.8 Å². The van der Waals surface area contributed by atoms with Gasteiger partial charge in [-0.05, 0) is 56.1 Å². The number of nitrogens with one attached hydrogen (secondary N) is 1. The summed E-state index contributed by atoms with van der Waals surface area (Å²) in [6.07, 6.45) is 4.18. The highest BCUT2D eigenvalue weighted by atomic mass is 79.9. The molecule has 0 bridgehead atoms. The summed E-state index contributed by atoms with van der Waals surface area (Å²) in [6, 6.07) is 6.49. The third kappa shape index (κ3) is 4.38. The molecule has 3 heteroatoms. The fourth-order valence-electron chi connectivity index (χ4n) is 2.47. The van der Waals surface area contributed by atoms with Gasteiger partial charge in [-0.3, -0.25) is 0 Å². The van der Waals surface area contributed by atoms with E-state index in [0.29, 0.717) is 0 Å². The second kappa shape index (κ2) is 7.27. The van der Waals surface area contributed by atoms with Gasteiger partial charge in [0.1, 0.15) is 0 Å². The molecule has 100 valence electrons. The molecule has 1 N–H and O–H groups in total. The molecule has 1 aliphatic rings. The van der Waals surface area contributed by atoms with Crippen molar-refractivity contribution < 1.29 is 0 Å². The summed E-state index contributed by atoms with van der Waals surface area (Å²) in [6.45, 7) is 8.00. The second-order valence-electron chi connectivity index (χ2n) is 5.15. The largest absolute Gasteiger partial charge is 0.311 e. The van der Waals surface area contributed by atoms with Crippen LogP contribution in [-0.4, -0.2) is 31.1 Å². The van der Waals surface area contributed by atoms with Gasteiger partial charge < -0.3 is 10.2 Å². The summed E-state index contributed by atoms with van der Waals surface area (Å²) in [5.41, 5.74) is 2.76. The molecular weight excluding hydrogens is 288 g/mol. The predicted octanol–water partition coefficient (Wildman–Crippen LogP) is 3.33. The Kier molecular flexibility index (Phi) is 5.67. The van der Waals surface area contributed by atoms with Crippen LogP contribution in [0.1, 0.15) is 30.4 Å². The maximum Gasteiger partial charge on any atom is 0.0209 e. The summed E-state index contributed by atoms with van der Waals surface area (Å²) < 4.78 is 1.17. The molecule has 2 rings (SSSR count). The Bertz CT molecular complexity index is 373. The molecule has 0 radical (unpaired) electrons. The first kappa shape index (κ1) is 14.0. The van der Waals surface area contributed by atoms with E-state index in [9.17, 15) is 0 Å². The van der Waals surface area contributed by atoms with Crippen LogP contribution in [0.25, 0.3) is 0 Å². The van der Waals surface area contributed by atoms with Crippen molar-refractivity contribution in [2.24, 2.45) is 0 Å². The average molecular weight is 311 g/mol. The molecule has 1 aromatic rings. The number of rotatable bonds is 5. The Balaban J connectivity index is 1.69. The van der Waals surface area contributed by atoms with Gasteiger partial charge in [-0.2, -0.15) is 0 Å². The molecule has 0 saturated carbocycles. The van der Waals surface area contributed by atoms with Crippen LogP contribution >= 0.6 is 15.9 Å². The van der Waals surface area contributed by atoms with E-state index in [2.05, 4.69) is 51.3 Å². The monoisotopic (exact) mass is 310 g/mol. The maximum atomic E-state index is 3.55. The number of nitrogens with zero attached hydrogens (tertiary/aromatic N) is 1. The van der Waals surface area contributed by atoms with Crippen molar-refractivity contribution in [3.63, 3.8) is 0 Å². The van der Waals surface area contributed by atoms with E-state index in [0.717, 1.165) is 13.1 Å². The Morgan fingerprint density at radius 3 is 2.78 bits per heavy atom. The predicted molar refractivity (Wildman–Crippen MR) is 80.9 cm³/mol. The van der Waals surface area contributed by atoms with Crippen LogP contribution in [0.5, 0.6) is 0 Å². The molecular formula is C15H23BrN2. The second-order valence-corrected chi connectivity index (χ2v) is 6.07. The van der Waals surface area contributed by atoms with Gasteiger partial charge in [-0.15, -0.1) is 0 Å². The maximum absolute atomic E-state index is 3.55. The third-order valence-corrected chi connectivity index (χ3v) is 4.17. The molecule has 0 unspecified atom stereocenters. The minimum absolute atomic E-state index is 0.971. The van der Waals surface area contributed by atoms with Gasteiger partial charge >= 0.3 is 0 Å². The van der Waals surface area contributed by atoms with Crippen molar-refractivity contribution in [2.45, 2.75) is 32.7 Å². The molecule has 2 nitrogen and oxygen atoms in total. The topological polar surface area (TPSA) is 15.3 Å². The van der Waals surface area contributed by atoms with E-state index in [1.807, 2.05) is 0 Å². The number of likely N-dealkylation sites (tertiary alicyclic amines) is 1. The molecule has 0 amide bonds. The first-order valence-electron chi connectivity index (χ1n) is 6.94. The molecule has 1 saturated heterocycles. The highest BCUT2D eigenvalue weighted by Gasteiger charge is 2.08. The molecule has 1 aromatic carbocycles. The van der Waals surface area contributed by atoms with Crippen LogP contribution in [0, 0.1) is 6.92 Å². The lowest BCUT2D eigenvalue weighted by Gasteiger charge is -2.26. The molecule has 18 heavy (non-hydrogen) atoms. The van der Waals surface area contributed by atoms with Crippen molar-refractivity contribution in [3.8, 4) is 0 Å². The highest BCUT2D eigenvalue weighted by molar-refractivity contribution is 9.10. The first-order valence-corrected chi connectivity index (χ1v) is 7.73. The number of aryl methyl sites for hydroxylation is 1. The zero-order chi connectivity index (χ0) is 12.8. The lowest BCUT2D eigenvalue weighted by molar-refractivity contribution is 0.229. The number of hydrogen-bond acceptors (Lipinski definition) is 2. The Hall–Kier alpha value is -0.380. The number of piperidine rings is 1. The van der Waals surface area contributed by atoms with Gasteiger partial charge in [0.15, 0.2) is 0 Å². The van der Waals surface area contributed by atoms with Crippen LogP contribution in [0.15, 0.2) is 22.7 Å². The van der Waals surface area contributed by atoms with Crippen LogP contribution in [0.3, 0.4) is 0 Å². The first-order chi connectivity index (χ1) is 8.75. The lowest BCUT2D eigenvalue weighted by atomic mass is 10.1. The van der Waals surface area contributed by atoms with E-state index in [1.165, 1.54) is 54.5 Å². The minimum Gasteiger partial charge on any atom is -0.311 e. The third-order valence-electron chi connectivity index (χ3n) is 3.68. The van der Waals surface area contributed by atoms with E-state index < -0.39 is 0 Å². The minimum atomic E-state index is 0.971. The Labute approximate surface area is 119 Å². The van der Waals surface area contributed by atoms with Gasteiger partial charge in [0.25, 0.3) is 0 Å². The van der Waals surface area contributed by atoms with E-state index in [-0.39, 0.29) is 0 Å². The van der Waals surface area contributed by atoms with E-state index >= 15 is 0 Å². The summed E-state index contributed by atoms with van der Waals surface area (Å²) in [7, 11) is 0. The summed E-state index contributed by atoms with van der Waals surface area (Å²) in [5, 5.41) is 3.55. The molecule has 0 aliphatic carbocycles. The summed E-state index contributed by atoms with van der Waals surface area (Å²) in [5.74, 6) is 0. The zero-order valence-corrected chi connectivity index (χ0v) is 12.8. The Morgan fingerprint density at radius 2 is 2.00 bits per heavy atom. The van der Waals surface area contributed by atoms with Crippen LogP contribution in [0.4, 0.5) is 0 Å². The average Bonchev–Trinajstić information content (AvgIpc) is 2.40. The zero-order valence-electron chi connectivity index (χ0n) is 11.2. The normalized spacial score (nSPS) is 17.0. The van der Waals surface area contributed by atoms with E-state index in [1.54, 1.807) is 0 Å². The van der Waals surface area contributed by atoms with Gasteiger partial charge in [-0.1, -0.05) is 28.4 Å². The van der Waals surface area contributed by atoms with Crippen molar-refractivity contribution >= 4 is 15.9 Å². The number of hydrogen-bond donors (Lipinski definition) is 1. The van der Waals surface area contributed by atoms with Crippen molar-refractivity contribution in [2.75, 3.05) is 26.2 Å². The number of halogens is 1. The van der Waals surface area contributed by atoms with Gasteiger partial charge in [-0.25, -0.2) is 0 Å². The van der Waals surface area contributed by atoms with Gasteiger partial charge in [0.05, 0.1) is 0 Å². The van der Waals surface area contributed by atoms with Crippen LogP contribution in [0.2, 0.25) is 0 Å². The van der Waals surface area contributed by atoms with Crippen LogP contribution in [-0.2, 0) is 6.54 Å². The lowest BCUT2D eigenvalue weighted by Crippen LogP contribution is -2.35. The summed E-state index contributed by atoms with van der Waals surface area (Å²) in [4.78, 5) is 2.57. The van der Waals surface area contributed by atoms with Gasteiger partial charge in [0, 0.05) is 24.1 Å².